The number of hydrogen-bond acceptors (Lipinski definition) is 7. The number of nitrogens with zero attached hydrogens (tertiary/aromatic N) is 2. The first kappa shape index (κ1) is 14.6. The van der Waals surface area contributed by atoms with Gasteiger partial charge in [0.05, 0.1) is 14.2 Å². The van der Waals surface area contributed by atoms with Crippen LogP contribution in [0.4, 0.5) is 6.01 Å². The van der Waals surface area contributed by atoms with Gasteiger partial charge in [-0.15, -0.1) is 16.9 Å². The Morgan fingerprint density at radius 3 is 2.65 bits per heavy atom. The molecule has 0 bridgehead atoms. The lowest BCUT2D eigenvalue weighted by Gasteiger charge is -2.07. The maximum atomic E-state index is 5.48. The average molecular weight is 311 g/mol. The zero-order chi connectivity index (χ0) is 14.5. The molecule has 20 heavy (non-hydrogen) atoms. The molecule has 0 saturated heterocycles. The number of methoxy groups -OCH3 is 2. The molecule has 0 radical (unpaired) electrons. The number of ether oxygens (including phenoxy) is 2. The third kappa shape index (κ3) is 3.20. The van der Waals surface area contributed by atoms with Crippen molar-refractivity contribution in [2.24, 2.45) is 0 Å². The number of rotatable bonds is 4. The van der Waals surface area contributed by atoms with Crippen LogP contribution in [0.3, 0.4) is 0 Å². The normalized spacial score (nSPS) is 10.2. The summed E-state index contributed by atoms with van der Waals surface area (Å²) in [5.41, 5.74) is 0.735. The van der Waals surface area contributed by atoms with Gasteiger partial charge in [-0.25, -0.2) is 0 Å². The van der Waals surface area contributed by atoms with E-state index in [-0.39, 0.29) is 6.01 Å². The van der Waals surface area contributed by atoms with Gasteiger partial charge in [-0.05, 0) is 24.5 Å². The predicted octanol–water partition coefficient (Wildman–Crippen LogP) is 2.81. The van der Waals surface area contributed by atoms with E-state index in [1.807, 2.05) is 12.3 Å². The summed E-state index contributed by atoms with van der Waals surface area (Å²) in [4.78, 5) is 0. The minimum atomic E-state index is 0.258. The molecule has 0 aliphatic carbocycles. The van der Waals surface area contributed by atoms with Crippen molar-refractivity contribution in [1.29, 1.82) is 0 Å². The first-order chi connectivity index (χ1) is 9.67. The fourth-order valence-electron chi connectivity index (χ4n) is 1.50. The molecule has 6 nitrogen and oxygen atoms in total. The van der Waals surface area contributed by atoms with E-state index in [0.717, 1.165) is 5.56 Å². The van der Waals surface area contributed by atoms with Crippen molar-refractivity contribution in [3.05, 3.63) is 18.2 Å². The van der Waals surface area contributed by atoms with Gasteiger partial charge < -0.3 is 13.9 Å². The van der Waals surface area contributed by atoms with Crippen LogP contribution < -0.4 is 14.8 Å². The van der Waals surface area contributed by atoms with Gasteiger partial charge in [-0.1, -0.05) is 17.3 Å². The SMILES string of the molecule is COc1ccc(-c2nnc(NC(=S)SC)o2)cc1OC. The molecule has 1 N–H and O–H groups in total. The van der Waals surface area contributed by atoms with Crippen LogP contribution in [0.15, 0.2) is 22.6 Å². The Labute approximate surface area is 125 Å². The average Bonchev–Trinajstić information content (AvgIpc) is 2.94. The van der Waals surface area contributed by atoms with E-state index in [4.69, 9.17) is 26.1 Å². The maximum absolute atomic E-state index is 5.48. The molecule has 0 unspecified atom stereocenters. The van der Waals surface area contributed by atoms with E-state index < -0.39 is 0 Å². The molecule has 0 aliphatic rings. The summed E-state index contributed by atoms with van der Waals surface area (Å²) in [6.45, 7) is 0. The van der Waals surface area contributed by atoms with Crippen molar-refractivity contribution in [2.45, 2.75) is 0 Å². The quantitative estimate of drug-likeness (QED) is 0.864. The van der Waals surface area contributed by atoms with Crippen LogP contribution in [0.1, 0.15) is 0 Å². The van der Waals surface area contributed by atoms with Crippen LogP contribution >= 0.6 is 24.0 Å². The van der Waals surface area contributed by atoms with Crippen LogP contribution in [-0.4, -0.2) is 35.0 Å². The van der Waals surface area contributed by atoms with Gasteiger partial charge >= 0.3 is 6.01 Å². The smallest absolute Gasteiger partial charge is 0.321 e. The van der Waals surface area contributed by atoms with Crippen molar-refractivity contribution in [2.75, 3.05) is 25.8 Å². The number of thioether (sulfide) groups is 1. The highest BCUT2D eigenvalue weighted by atomic mass is 32.2. The molecule has 0 spiro atoms. The van der Waals surface area contributed by atoms with E-state index in [0.29, 0.717) is 21.7 Å². The summed E-state index contributed by atoms with van der Waals surface area (Å²) in [5, 5.41) is 10.7. The zero-order valence-corrected chi connectivity index (χ0v) is 12.8. The van der Waals surface area contributed by atoms with Gasteiger partial charge in [-0.2, -0.15) is 0 Å². The lowest BCUT2D eigenvalue weighted by atomic mass is 10.2. The number of benzene rings is 1. The fourth-order valence-corrected chi connectivity index (χ4v) is 1.77. The molecule has 106 valence electrons. The second-order valence-electron chi connectivity index (χ2n) is 3.60. The summed E-state index contributed by atoms with van der Waals surface area (Å²) in [5.74, 6) is 1.60. The van der Waals surface area contributed by atoms with Crippen LogP contribution in [0, 0.1) is 0 Å². The molecule has 0 fully saturated rings. The Hall–Kier alpha value is -1.80. The highest BCUT2D eigenvalue weighted by Crippen LogP contribution is 2.32. The van der Waals surface area contributed by atoms with Gasteiger partial charge in [0.25, 0.3) is 0 Å². The molecule has 0 amide bonds. The molecule has 1 aromatic carbocycles. The Kier molecular flexibility index (Phi) is 4.80. The minimum Gasteiger partial charge on any atom is -0.493 e. The zero-order valence-electron chi connectivity index (χ0n) is 11.2. The summed E-state index contributed by atoms with van der Waals surface area (Å²) in [7, 11) is 3.15. The lowest BCUT2D eigenvalue weighted by molar-refractivity contribution is 0.355. The molecule has 0 saturated carbocycles. The first-order valence-corrected chi connectivity index (χ1v) is 7.22. The summed E-state index contributed by atoms with van der Waals surface area (Å²) < 4.78 is 16.5. The second kappa shape index (κ2) is 6.58. The number of anilines is 1. The molecule has 8 heteroatoms. The van der Waals surface area contributed by atoms with Crippen LogP contribution in [-0.2, 0) is 0 Å². The monoisotopic (exact) mass is 311 g/mol. The Morgan fingerprint density at radius 2 is 2.00 bits per heavy atom. The van der Waals surface area contributed by atoms with Crippen LogP contribution in [0.2, 0.25) is 0 Å². The highest BCUT2D eigenvalue weighted by Gasteiger charge is 2.12. The molecular weight excluding hydrogens is 298 g/mol. The van der Waals surface area contributed by atoms with Crippen molar-refractivity contribution < 1.29 is 13.9 Å². The van der Waals surface area contributed by atoms with Gasteiger partial charge in [0, 0.05) is 5.56 Å². The second-order valence-corrected chi connectivity index (χ2v) is 5.08. The van der Waals surface area contributed by atoms with Crippen molar-refractivity contribution in [3.8, 4) is 23.0 Å². The Morgan fingerprint density at radius 1 is 1.25 bits per heavy atom. The molecule has 2 aromatic rings. The number of thiocarbonyl (C=S) groups is 1. The number of aromatic nitrogens is 2. The summed E-state index contributed by atoms with van der Waals surface area (Å²) in [6, 6.07) is 5.61. The summed E-state index contributed by atoms with van der Waals surface area (Å²) >= 11 is 6.41. The Balaban J connectivity index is 2.25. The first-order valence-electron chi connectivity index (χ1n) is 5.58. The van der Waals surface area contributed by atoms with Crippen molar-refractivity contribution in [3.63, 3.8) is 0 Å². The van der Waals surface area contributed by atoms with Gasteiger partial charge in [0.2, 0.25) is 5.89 Å². The van der Waals surface area contributed by atoms with E-state index in [1.165, 1.54) is 11.8 Å². The molecule has 1 heterocycles. The van der Waals surface area contributed by atoms with Crippen molar-refractivity contribution >= 4 is 34.3 Å². The predicted molar refractivity (Wildman–Crippen MR) is 82.6 cm³/mol. The van der Waals surface area contributed by atoms with Crippen LogP contribution in [0.5, 0.6) is 11.5 Å². The van der Waals surface area contributed by atoms with E-state index in [1.54, 1.807) is 26.4 Å². The number of hydrogen-bond donors (Lipinski definition) is 1. The van der Waals surface area contributed by atoms with Crippen LogP contribution in [0.25, 0.3) is 11.5 Å². The van der Waals surface area contributed by atoms with Crippen molar-refractivity contribution in [1.82, 2.24) is 10.2 Å². The third-order valence-electron chi connectivity index (χ3n) is 2.45. The summed E-state index contributed by atoms with van der Waals surface area (Å²) in [6.07, 6.45) is 1.86. The lowest BCUT2D eigenvalue weighted by Crippen LogP contribution is -2.03. The molecular formula is C12H13N3O3S2. The van der Waals surface area contributed by atoms with E-state index in [2.05, 4.69) is 15.5 Å². The van der Waals surface area contributed by atoms with Gasteiger partial charge in [0.1, 0.15) is 4.32 Å². The minimum absolute atomic E-state index is 0.258. The third-order valence-corrected chi connectivity index (χ3v) is 3.52. The molecule has 0 atom stereocenters. The molecule has 2 rings (SSSR count). The Bertz CT molecular complexity index is 616. The fraction of sp³-hybridized carbons (Fsp3) is 0.250. The standard InChI is InChI=1S/C12H13N3O3S2/c1-16-8-5-4-7(6-9(8)17-2)10-14-15-11(18-10)13-12(19)20-3/h4-6H,1-3H3,(H,13,15,19). The molecule has 1 aromatic heterocycles. The maximum Gasteiger partial charge on any atom is 0.321 e. The largest absolute Gasteiger partial charge is 0.493 e. The highest BCUT2D eigenvalue weighted by molar-refractivity contribution is 8.22. The topological polar surface area (TPSA) is 69.4 Å². The van der Waals surface area contributed by atoms with Gasteiger partial charge in [-0.3, -0.25) is 5.32 Å². The number of nitrogens with one attached hydrogen (secondary N) is 1. The van der Waals surface area contributed by atoms with Gasteiger partial charge in [0.15, 0.2) is 11.5 Å². The molecule has 0 aliphatic heterocycles. The van der Waals surface area contributed by atoms with E-state index in [9.17, 15) is 0 Å². The van der Waals surface area contributed by atoms with E-state index >= 15 is 0 Å².